The normalized spacial score (nSPS) is 11.4. The van der Waals surface area contributed by atoms with E-state index in [0.29, 0.717) is 11.6 Å². The van der Waals surface area contributed by atoms with Crippen LogP contribution in [0, 0.1) is 6.92 Å². The van der Waals surface area contributed by atoms with Crippen molar-refractivity contribution < 1.29 is 9.69 Å². The summed E-state index contributed by atoms with van der Waals surface area (Å²) >= 11 is 9.19. The summed E-state index contributed by atoms with van der Waals surface area (Å²) in [5.74, 6) is 0.0226. The molecule has 0 bridgehead atoms. The van der Waals surface area contributed by atoms with Crippen molar-refractivity contribution >= 4 is 55.5 Å². The van der Waals surface area contributed by atoms with E-state index < -0.39 is 0 Å². The topological polar surface area (TPSA) is 37.6 Å². The molecule has 3 aromatic rings. The summed E-state index contributed by atoms with van der Waals surface area (Å²) in [6, 6.07) is 7.63. The van der Waals surface area contributed by atoms with Crippen LogP contribution in [0.5, 0.6) is 0 Å². The number of thiazole rings is 1. The van der Waals surface area contributed by atoms with Crippen LogP contribution in [-0.4, -0.2) is 37.1 Å². The standard InChI is InChI=1S/C19H22ClN3OS2/c1-4-22(5-2)8-9-23(18(24)15-7-6-10-25-15)19-21-17-13(3)11-14(20)12-16(17)26-19/h6-7,10-12H,4-5,8-9H2,1-3H3/p+1. The number of fused-ring (bicyclic) bond motifs is 1. The van der Waals surface area contributed by atoms with E-state index in [4.69, 9.17) is 16.6 Å². The van der Waals surface area contributed by atoms with Crippen LogP contribution < -0.4 is 9.80 Å². The molecule has 26 heavy (non-hydrogen) atoms. The molecule has 3 rings (SSSR count). The Kier molecular flexibility index (Phi) is 6.29. The average Bonchev–Trinajstić information content (AvgIpc) is 3.28. The fourth-order valence-electron chi connectivity index (χ4n) is 2.95. The fourth-order valence-corrected chi connectivity index (χ4v) is 5.07. The van der Waals surface area contributed by atoms with Crippen LogP contribution in [0.1, 0.15) is 29.1 Å². The number of carbonyl (C=O) groups is 1. The molecule has 1 N–H and O–H groups in total. The van der Waals surface area contributed by atoms with Crippen molar-refractivity contribution in [2.45, 2.75) is 20.8 Å². The summed E-state index contributed by atoms with van der Waals surface area (Å²) in [5, 5.41) is 3.38. The second-order valence-corrected chi connectivity index (χ2v) is 8.60. The van der Waals surface area contributed by atoms with E-state index >= 15 is 0 Å². The largest absolute Gasteiger partial charge is 0.334 e. The lowest BCUT2D eigenvalue weighted by Crippen LogP contribution is -3.12. The number of carbonyl (C=O) groups excluding carboxylic acids is 1. The third-order valence-electron chi connectivity index (χ3n) is 4.54. The van der Waals surface area contributed by atoms with Crippen molar-refractivity contribution in [2.24, 2.45) is 0 Å². The summed E-state index contributed by atoms with van der Waals surface area (Å²) in [4.78, 5) is 21.9. The maximum atomic E-state index is 13.1. The summed E-state index contributed by atoms with van der Waals surface area (Å²) < 4.78 is 1.02. The third kappa shape index (κ3) is 4.09. The van der Waals surface area contributed by atoms with Gasteiger partial charge in [-0.1, -0.05) is 29.0 Å². The van der Waals surface area contributed by atoms with Gasteiger partial charge in [-0.25, -0.2) is 4.98 Å². The van der Waals surface area contributed by atoms with Gasteiger partial charge >= 0.3 is 0 Å². The minimum absolute atomic E-state index is 0.0226. The van der Waals surface area contributed by atoms with E-state index in [2.05, 4.69) is 13.8 Å². The van der Waals surface area contributed by atoms with Gasteiger partial charge in [0.15, 0.2) is 5.13 Å². The zero-order valence-corrected chi connectivity index (χ0v) is 17.6. The van der Waals surface area contributed by atoms with E-state index in [9.17, 15) is 4.79 Å². The molecule has 2 aromatic heterocycles. The van der Waals surface area contributed by atoms with Crippen molar-refractivity contribution in [1.82, 2.24) is 4.98 Å². The number of nitrogens with one attached hydrogen (secondary N) is 1. The number of amides is 1. The van der Waals surface area contributed by atoms with Crippen LogP contribution in [0.15, 0.2) is 29.6 Å². The lowest BCUT2D eigenvalue weighted by molar-refractivity contribution is -0.894. The van der Waals surface area contributed by atoms with Crippen molar-refractivity contribution in [1.29, 1.82) is 0 Å². The van der Waals surface area contributed by atoms with Gasteiger partial charge in [-0.3, -0.25) is 9.69 Å². The molecule has 1 aromatic carbocycles. The number of aromatic nitrogens is 1. The SMILES string of the molecule is CC[NH+](CC)CCN(C(=O)c1cccs1)c1nc2c(C)cc(Cl)cc2s1. The Labute approximate surface area is 167 Å². The Hall–Kier alpha value is -1.47. The Bertz CT molecular complexity index is 888. The molecule has 0 fully saturated rings. The molecule has 0 aliphatic carbocycles. The average molecular weight is 409 g/mol. The number of hydrogen-bond donors (Lipinski definition) is 1. The predicted octanol–water partition coefficient (Wildman–Crippen LogP) is 3.89. The maximum Gasteiger partial charge on any atom is 0.270 e. The predicted molar refractivity (Wildman–Crippen MR) is 112 cm³/mol. The van der Waals surface area contributed by atoms with Crippen molar-refractivity contribution in [2.75, 3.05) is 31.1 Å². The molecular formula is C19H23ClN3OS2+. The Morgan fingerprint density at radius 1 is 1.31 bits per heavy atom. The van der Waals surface area contributed by atoms with Gasteiger partial charge in [0.1, 0.15) is 0 Å². The van der Waals surface area contributed by atoms with E-state index in [0.717, 1.165) is 45.4 Å². The van der Waals surface area contributed by atoms with Crippen LogP contribution in [0.3, 0.4) is 0 Å². The highest BCUT2D eigenvalue weighted by molar-refractivity contribution is 7.22. The Morgan fingerprint density at radius 3 is 2.73 bits per heavy atom. The van der Waals surface area contributed by atoms with E-state index in [1.165, 1.54) is 27.6 Å². The lowest BCUT2D eigenvalue weighted by atomic mass is 10.2. The van der Waals surface area contributed by atoms with Gasteiger partial charge in [0, 0.05) is 5.02 Å². The van der Waals surface area contributed by atoms with Gasteiger partial charge in [-0.05, 0) is 49.9 Å². The molecule has 0 aliphatic rings. The zero-order valence-electron chi connectivity index (χ0n) is 15.2. The van der Waals surface area contributed by atoms with E-state index in [-0.39, 0.29) is 5.91 Å². The fraction of sp³-hybridized carbons (Fsp3) is 0.368. The molecular weight excluding hydrogens is 386 g/mol. The van der Waals surface area contributed by atoms with Crippen LogP contribution in [-0.2, 0) is 0 Å². The number of thiophene rings is 1. The molecule has 0 radical (unpaired) electrons. The monoisotopic (exact) mass is 408 g/mol. The zero-order chi connectivity index (χ0) is 18.7. The number of rotatable bonds is 7. The molecule has 7 heteroatoms. The second-order valence-electron chi connectivity index (χ2n) is 6.21. The first-order valence-electron chi connectivity index (χ1n) is 8.79. The molecule has 1 amide bonds. The van der Waals surface area contributed by atoms with Crippen LogP contribution in [0.4, 0.5) is 5.13 Å². The van der Waals surface area contributed by atoms with Crippen LogP contribution in [0.25, 0.3) is 10.2 Å². The van der Waals surface area contributed by atoms with Gasteiger partial charge < -0.3 is 4.90 Å². The van der Waals surface area contributed by atoms with Crippen LogP contribution >= 0.6 is 34.3 Å². The number of halogens is 1. The van der Waals surface area contributed by atoms with Crippen molar-refractivity contribution in [3.63, 3.8) is 0 Å². The number of nitrogens with zero attached hydrogens (tertiary/aromatic N) is 2. The number of benzene rings is 1. The Morgan fingerprint density at radius 2 is 2.08 bits per heavy atom. The minimum atomic E-state index is 0.0226. The number of hydrogen-bond acceptors (Lipinski definition) is 4. The first-order chi connectivity index (χ1) is 12.5. The molecule has 0 atom stereocenters. The molecule has 0 saturated heterocycles. The second kappa shape index (κ2) is 8.48. The molecule has 0 unspecified atom stereocenters. The third-order valence-corrected chi connectivity index (χ3v) is 6.64. The number of anilines is 1. The Balaban J connectivity index is 1.96. The van der Waals surface area contributed by atoms with Gasteiger partial charge in [0.2, 0.25) is 0 Å². The number of quaternary nitrogens is 1. The molecule has 2 heterocycles. The molecule has 0 saturated carbocycles. The first kappa shape index (κ1) is 19.3. The van der Waals surface area contributed by atoms with Crippen molar-refractivity contribution in [3.05, 3.63) is 45.1 Å². The van der Waals surface area contributed by atoms with E-state index in [1.807, 2.05) is 41.5 Å². The highest BCUT2D eigenvalue weighted by atomic mass is 35.5. The maximum absolute atomic E-state index is 13.1. The highest BCUT2D eigenvalue weighted by Crippen LogP contribution is 2.33. The molecule has 4 nitrogen and oxygen atoms in total. The summed E-state index contributed by atoms with van der Waals surface area (Å²) in [7, 11) is 0. The minimum Gasteiger partial charge on any atom is -0.334 e. The highest BCUT2D eigenvalue weighted by Gasteiger charge is 2.23. The summed E-state index contributed by atoms with van der Waals surface area (Å²) in [6.45, 7) is 10.0. The van der Waals surface area contributed by atoms with Gasteiger partial charge in [0.25, 0.3) is 5.91 Å². The smallest absolute Gasteiger partial charge is 0.270 e. The number of likely N-dealkylation sites (N-methyl/N-ethyl adjacent to an activating group) is 1. The van der Waals surface area contributed by atoms with Crippen molar-refractivity contribution in [3.8, 4) is 0 Å². The molecule has 138 valence electrons. The van der Waals surface area contributed by atoms with Crippen LogP contribution in [0.2, 0.25) is 5.02 Å². The number of aryl methyl sites for hydroxylation is 1. The van der Waals surface area contributed by atoms with E-state index in [1.54, 1.807) is 0 Å². The first-order valence-corrected chi connectivity index (χ1v) is 10.9. The quantitative estimate of drug-likeness (QED) is 0.644. The summed E-state index contributed by atoms with van der Waals surface area (Å²) in [5.41, 5.74) is 1.96. The van der Waals surface area contributed by atoms with Gasteiger partial charge in [0.05, 0.1) is 41.3 Å². The lowest BCUT2D eigenvalue weighted by Gasteiger charge is -2.22. The molecule has 0 spiro atoms. The van der Waals surface area contributed by atoms with Gasteiger partial charge in [-0.15, -0.1) is 11.3 Å². The van der Waals surface area contributed by atoms with Gasteiger partial charge in [-0.2, -0.15) is 0 Å². The summed E-state index contributed by atoms with van der Waals surface area (Å²) in [6.07, 6.45) is 0. The molecule has 0 aliphatic heterocycles.